The van der Waals surface area contributed by atoms with E-state index in [0.717, 1.165) is 23.4 Å². The monoisotopic (exact) mass is 384 g/mol. The average molecular weight is 384 g/mol. The molecule has 2 unspecified atom stereocenters. The highest BCUT2D eigenvalue weighted by Gasteiger charge is 2.46. The van der Waals surface area contributed by atoms with Gasteiger partial charge < -0.3 is 5.73 Å². The van der Waals surface area contributed by atoms with Crippen molar-refractivity contribution in [3.63, 3.8) is 0 Å². The van der Waals surface area contributed by atoms with Crippen LogP contribution in [0, 0.1) is 0 Å². The van der Waals surface area contributed by atoms with Crippen molar-refractivity contribution in [3.8, 4) is 0 Å². The van der Waals surface area contributed by atoms with E-state index in [2.05, 4.69) is 24.1 Å². The summed E-state index contributed by atoms with van der Waals surface area (Å²) >= 11 is 0. The first kappa shape index (κ1) is 18.8. The van der Waals surface area contributed by atoms with E-state index in [1.807, 2.05) is 6.07 Å². The second-order valence-electron chi connectivity index (χ2n) is 8.44. The third-order valence-corrected chi connectivity index (χ3v) is 5.99. The molecule has 8 heteroatoms. The second-order valence-corrected chi connectivity index (χ2v) is 8.44. The number of rotatable bonds is 3. The van der Waals surface area contributed by atoms with Crippen molar-refractivity contribution in [1.82, 2.24) is 15.1 Å². The number of hydrogen-bond donors (Lipinski definition) is 2. The quantitative estimate of drug-likeness (QED) is 0.730. The van der Waals surface area contributed by atoms with Gasteiger partial charge in [-0.1, -0.05) is 12.1 Å². The van der Waals surface area contributed by atoms with E-state index >= 15 is 0 Å². The molecular formula is C20H24N4O4. The van der Waals surface area contributed by atoms with Crippen LogP contribution in [0.5, 0.6) is 0 Å². The molecule has 0 aromatic heterocycles. The van der Waals surface area contributed by atoms with Crippen LogP contribution in [0.15, 0.2) is 18.2 Å². The van der Waals surface area contributed by atoms with Crippen molar-refractivity contribution in [1.29, 1.82) is 0 Å². The van der Waals surface area contributed by atoms with Crippen LogP contribution in [0.3, 0.4) is 0 Å². The maximum atomic E-state index is 13.2. The number of carbonyl (C=O) groups is 4. The van der Waals surface area contributed by atoms with Crippen LogP contribution in [0.1, 0.15) is 59.4 Å². The summed E-state index contributed by atoms with van der Waals surface area (Å²) in [6.07, 6.45) is 1.12. The molecule has 2 atom stereocenters. The molecule has 148 valence electrons. The molecule has 4 rings (SSSR count). The molecule has 0 aliphatic carbocycles. The molecule has 28 heavy (non-hydrogen) atoms. The van der Waals surface area contributed by atoms with E-state index in [0.29, 0.717) is 17.7 Å². The van der Waals surface area contributed by atoms with Gasteiger partial charge in [0, 0.05) is 31.1 Å². The van der Waals surface area contributed by atoms with Crippen LogP contribution in [0.2, 0.25) is 0 Å². The Labute approximate surface area is 163 Å². The fourth-order valence-electron chi connectivity index (χ4n) is 4.57. The molecule has 0 saturated carbocycles. The Morgan fingerprint density at radius 1 is 1.18 bits per heavy atom. The molecule has 0 spiro atoms. The zero-order chi connectivity index (χ0) is 20.2. The summed E-state index contributed by atoms with van der Waals surface area (Å²) in [6, 6.07) is 4.35. The van der Waals surface area contributed by atoms with E-state index in [4.69, 9.17) is 5.73 Å². The standard InChI is InChI=1S/C20H24N4O4/c1-20(2)8-12(21)10-23(20)9-11-4-3-5-13-16(11)19(28)24(18(13)27)14-6-7-15(25)22-17(14)26/h3-5,12,14H,6-10,21H2,1-2H3,(H,22,25,26). The first-order valence-corrected chi connectivity index (χ1v) is 9.53. The van der Waals surface area contributed by atoms with Crippen molar-refractivity contribution < 1.29 is 19.2 Å². The zero-order valence-electron chi connectivity index (χ0n) is 16.0. The second kappa shape index (κ2) is 6.49. The number of fused-ring (bicyclic) bond motifs is 1. The van der Waals surface area contributed by atoms with Crippen LogP contribution in [-0.4, -0.2) is 57.6 Å². The Kier molecular flexibility index (Phi) is 4.35. The molecule has 3 heterocycles. The number of hydrogen-bond acceptors (Lipinski definition) is 6. The van der Waals surface area contributed by atoms with Gasteiger partial charge in [0.15, 0.2) is 0 Å². The van der Waals surface area contributed by atoms with Crippen molar-refractivity contribution in [2.75, 3.05) is 6.54 Å². The lowest BCUT2D eigenvalue weighted by Gasteiger charge is -2.31. The number of piperidine rings is 1. The number of amides is 4. The largest absolute Gasteiger partial charge is 0.326 e. The van der Waals surface area contributed by atoms with Crippen molar-refractivity contribution in [2.24, 2.45) is 5.73 Å². The van der Waals surface area contributed by atoms with Crippen LogP contribution < -0.4 is 11.1 Å². The Hall–Kier alpha value is -2.58. The maximum absolute atomic E-state index is 13.2. The van der Waals surface area contributed by atoms with Crippen molar-refractivity contribution in [3.05, 3.63) is 34.9 Å². The summed E-state index contributed by atoms with van der Waals surface area (Å²) in [5, 5.41) is 2.22. The summed E-state index contributed by atoms with van der Waals surface area (Å²) in [7, 11) is 0. The van der Waals surface area contributed by atoms with Crippen molar-refractivity contribution in [2.45, 2.75) is 57.3 Å². The molecule has 8 nitrogen and oxygen atoms in total. The van der Waals surface area contributed by atoms with E-state index in [1.54, 1.807) is 12.1 Å². The number of benzene rings is 1. The number of nitrogens with zero attached hydrogens (tertiary/aromatic N) is 2. The topological polar surface area (TPSA) is 113 Å². The summed E-state index contributed by atoms with van der Waals surface area (Å²) in [4.78, 5) is 52.9. The zero-order valence-corrected chi connectivity index (χ0v) is 16.0. The average Bonchev–Trinajstić information content (AvgIpc) is 3.01. The highest BCUT2D eigenvalue weighted by atomic mass is 16.2. The van der Waals surface area contributed by atoms with Crippen LogP contribution in [0.25, 0.3) is 0 Å². The number of imide groups is 2. The fourth-order valence-corrected chi connectivity index (χ4v) is 4.57. The summed E-state index contributed by atoms with van der Waals surface area (Å²) < 4.78 is 0. The SMILES string of the molecule is CC1(C)CC(N)CN1Cc1cccc2c1C(=O)N(C1CCC(=O)NC1=O)C2=O. The molecular weight excluding hydrogens is 360 g/mol. The number of nitrogens with one attached hydrogen (secondary N) is 1. The normalized spacial score (nSPS) is 27.3. The third kappa shape index (κ3) is 2.93. The minimum Gasteiger partial charge on any atom is -0.326 e. The molecule has 3 aliphatic rings. The number of carbonyl (C=O) groups excluding carboxylic acids is 4. The lowest BCUT2D eigenvalue weighted by atomic mass is 9.98. The summed E-state index contributed by atoms with van der Waals surface area (Å²) in [6.45, 7) is 5.46. The van der Waals surface area contributed by atoms with Gasteiger partial charge in [-0.3, -0.25) is 34.3 Å². The van der Waals surface area contributed by atoms with E-state index in [9.17, 15) is 19.2 Å². The Morgan fingerprint density at radius 3 is 2.57 bits per heavy atom. The lowest BCUT2D eigenvalue weighted by molar-refractivity contribution is -0.136. The predicted octanol–water partition coefficient (Wildman–Crippen LogP) is 0.399. The van der Waals surface area contributed by atoms with Crippen LogP contribution >= 0.6 is 0 Å². The number of nitrogens with two attached hydrogens (primary N) is 1. The van der Waals surface area contributed by atoms with Crippen molar-refractivity contribution >= 4 is 23.6 Å². The minimum absolute atomic E-state index is 0.0732. The maximum Gasteiger partial charge on any atom is 0.262 e. The summed E-state index contributed by atoms with van der Waals surface area (Å²) in [5.74, 6) is -1.93. The van der Waals surface area contributed by atoms with Gasteiger partial charge in [-0.25, -0.2) is 0 Å². The van der Waals surface area contributed by atoms with Gasteiger partial charge in [-0.2, -0.15) is 0 Å². The van der Waals surface area contributed by atoms with E-state index < -0.39 is 23.8 Å². The smallest absolute Gasteiger partial charge is 0.262 e. The Morgan fingerprint density at radius 2 is 1.93 bits per heavy atom. The highest BCUT2D eigenvalue weighted by Crippen LogP contribution is 2.34. The Balaban J connectivity index is 1.65. The molecule has 0 bridgehead atoms. The van der Waals surface area contributed by atoms with Gasteiger partial charge in [0.2, 0.25) is 11.8 Å². The van der Waals surface area contributed by atoms with E-state index in [-0.39, 0.29) is 30.3 Å². The molecule has 3 aliphatic heterocycles. The van der Waals surface area contributed by atoms with Gasteiger partial charge >= 0.3 is 0 Å². The van der Waals surface area contributed by atoms with Crippen LogP contribution in [0.4, 0.5) is 0 Å². The van der Waals surface area contributed by atoms with Crippen LogP contribution in [-0.2, 0) is 16.1 Å². The lowest BCUT2D eigenvalue weighted by Crippen LogP contribution is -2.54. The first-order chi connectivity index (χ1) is 13.2. The van der Waals surface area contributed by atoms with Gasteiger partial charge in [0.25, 0.3) is 11.8 Å². The molecule has 1 aromatic rings. The van der Waals surface area contributed by atoms with Gasteiger partial charge in [0.1, 0.15) is 6.04 Å². The number of likely N-dealkylation sites (tertiary alicyclic amines) is 1. The molecule has 3 N–H and O–H groups in total. The molecule has 1 aromatic carbocycles. The Bertz CT molecular complexity index is 894. The van der Waals surface area contributed by atoms with Gasteiger partial charge in [-0.15, -0.1) is 0 Å². The molecule has 4 amide bonds. The third-order valence-electron chi connectivity index (χ3n) is 5.99. The molecule has 2 fully saturated rings. The van der Waals surface area contributed by atoms with Gasteiger partial charge in [-0.05, 0) is 38.3 Å². The molecule has 0 radical (unpaired) electrons. The molecule has 2 saturated heterocycles. The highest BCUT2D eigenvalue weighted by molar-refractivity contribution is 6.24. The predicted molar refractivity (Wildman–Crippen MR) is 100 cm³/mol. The minimum atomic E-state index is -0.949. The first-order valence-electron chi connectivity index (χ1n) is 9.53. The fraction of sp³-hybridized carbons (Fsp3) is 0.500. The van der Waals surface area contributed by atoms with Gasteiger partial charge in [0.05, 0.1) is 11.1 Å². The summed E-state index contributed by atoms with van der Waals surface area (Å²) in [5.41, 5.74) is 7.45. The van der Waals surface area contributed by atoms with E-state index in [1.165, 1.54) is 0 Å².